The summed E-state index contributed by atoms with van der Waals surface area (Å²) in [5.41, 5.74) is -0.527. The van der Waals surface area contributed by atoms with Crippen molar-refractivity contribution in [1.29, 1.82) is 0 Å². The monoisotopic (exact) mass is 316 g/mol. The maximum atomic E-state index is 12.4. The molecule has 1 unspecified atom stereocenters. The standard InChI is InChI=1S/C15H19F3N2O2/c1-4-10(2)20(11(3)21)9-14(22)19-13-7-5-12(6-8-13)15(16,17)18/h5-8,10H,4,9H2,1-3H3,(H,19,22). The third-order valence-electron chi connectivity index (χ3n) is 3.34. The van der Waals surface area contributed by atoms with Gasteiger partial charge in [0.05, 0.1) is 5.56 Å². The Kier molecular flexibility index (Phi) is 5.96. The van der Waals surface area contributed by atoms with Crippen LogP contribution in [0.3, 0.4) is 0 Å². The molecule has 0 bridgehead atoms. The van der Waals surface area contributed by atoms with Gasteiger partial charge < -0.3 is 10.2 Å². The highest BCUT2D eigenvalue weighted by Gasteiger charge is 2.30. The summed E-state index contributed by atoms with van der Waals surface area (Å²) in [6.45, 7) is 4.96. The van der Waals surface area contributed by atoms with E-state index in [0.29, 0.717) is 6.42 Å². The average Bonchev–Trinajstić information content (AvgIpc) is 2.43. The number of carbonyl (C=O) groups is 2. The molecular formula is C15H19F3N2O2. The molecule has 0 aliphatic heterocycles. The van der Waals surface area contributed by atoms with Gasteiger partial charge in [-0.2, -0.15) is 13.2 Å². The molecule has 1 aromatic carbocycles. The molecule has 0 heterocycles. The number of hydrogen-bond donors (Lipinski definition) is 1. The van der Waals surface area contributed by atoms with E-state index < -0.39 is 17.6 Å². The van der Waals surface area contributed by atoms with Crippen molar-refractivity contribution in [3.05, 3.63) is 29.8 Å². The molecule has 22 heavy (non-hydrogen) atoms. The minimum absolute atomic E-state index is 0.0872. The molecular weight excluding hydrogens is 297 g/mol. The number of rotatable bonds is 5. The fourth-order valence-corrected chi connectivity index (χ4v) is 1.90. The quantitative estimate of drug-likeness (QED) is 0.906. The minimum Gasteiger partial charge on any atom is -0.331 e. The molecule has 0 radical (unpaired) electrons. The van der Waals surface area contributed by atoms with Crippen LogP contribution in [-0.2, 0) is 15.8 Å². The van der Waals surface area contributed by atoms with Crippen molar-refractivity contribution in [2.24, 2.45) is 0 Å². The van der Waals surface area contributed by atoms with E-state index in [0.717, 1.165) is 12.1 Å². The number of hydrogen-bond acceptors (Lipinski definition) is 2. The summed E-state index contributed by atoms with van der Waals surface area (Å²) in [7, 11) is 0. The Labute approximate surface area is 127 Å². The van der Waals surface area contributed by atoms with Gasteiger partial charge in [0.2, 0.25) is 11.8 Å². The summed E-state index contributed by atoms with van der Waals surface area (Å²) in [4.78, 5) is 24.8. The van der Waals surface area contributed by atoms with E-state index in [-0.39, 0.29) is 24.2 Å². The second-order valence-electron chi connectivity index (χ2n) is 5.03. The van der Waals surface area contributed by atoms with E-state index in [2.05, 4.69) is 5.32 Å². The number of benzene rings is 1. The molecule has 1 rings (SSSR count). The van der Waals surface area contributed by atoms with Gasteiger partial charge in [0.15, 0.2) is 0 Å². The smallest absolute Gasteiger partial charge is 0.331 e. The lowest BCUT2D eigenvalue weighted by Gasteiger charge is -2.26. The SMILES string of the molecule is CCC(C)N(CC(=O)Nc1ccc(C(F)(F)F)cc1)C(C)=O. The van der Waals surface area contributed by atoms with Gasteiger partial charge in [-0.1, -0.05) is 6.92 Å². The van der Waals surface area contributed by atoms with Crippen molar-refractivity contribution >= 4 is 17.5 Å². The molecule has 2 amide bonds. The fourth-order valence-electron chi connectivity index (χ4n) is 1.90. The first-order valence-corrected chi connectivity index (χ1v) is 6.89. The van der Waals surface area contributed by atoms with Crippen LogP contribution >= 0.6 is 0 Å². The lowest BCUT2D eigenvalue weighted by molar-refractivity contribution is -0.137. The van der Waals surface area contributed by atoms with E-state index in [1.807, 2.05) is 13.8 Å². The zero-order valence-corrected chi connectivity index (χ0v) is 12.7. The van der Waals surface area contributed by atoms with Crippen LogP contribution in [0.25, 0.3) is 0 Å². The molecule has 122 valence electrons. The maximum Gasteiger partial charge on any atom is 0.416 e. The van der Waals surface area contributed by atoms with Gasteiger partial charge in [0, 0.05) is 18.7 Å². The third-order valence-corrected chi connectivity index (χ3v) is 3.34. The summed E-state index contributed by atoms with van der Waals surface area (Å²) < 4.78 is 37.3. The Morgan fingerprint density at radius 3 is 2.18 bits per heavy atom. The van der Waals surface area contributed by atoms with E-state index in [9.17, 15) is 22.8 Å². The van der Waals surface area contributed by atoms with Crippen LogP contribution in [0, 0.1) is 0 Å². The summed E-state index contributed by atoms with van der Waals surface area (Å²) in [6.07, 6.45) is -3.71. The minimum atomic E-state index is -4.41. The lowest BCUT2D eigenvalue weighted by atomic mass is 10.2. The average molecular weight is 316 g/mol. The first-order valence-electron chi connectivity index (χ1n) is 6.89. The van der Waals surface area contributed by atoms with Gasteiger partial charge in [-0.15, -0.1) is 0 Å². The van der Waals surface area contributed by atoms with Gasteiger partial charge in [0.25, 0.3) is 0 Å². The predicted octanol–water partition coefficient (Wildman–Crippen LogP) is 3.29. The summed E-state index contributed by atoms with van der Waals surface area (Å²) in [5, 5.41) is 2.48. The molecule has 0 spiro atoms. The summed E-state index contributed by atoms with van der Waals surface area (Å²) >= 11 is 0. The Balaban J connectivity index is 2.70. The van der Waals surface area contributed by atoms with Crippen molar-refractivity contribution in [3.63, 3.8) is 0 Å². The van der Waals surface area contributed by atoms with Crippen LogP contribution in [0.4, 0.5) is 18.9 Å². The van der Waals surface area contributed by atoms with Crippen LogP contribution in [-0.4, -0.2) is 29.3 Å². The van der Waals surface area contributed by atoms with Crippen molar-refractivity contribution in [3.8, 4) is 0 Å². The molecule has 7 heteroatoms. The van der Waals surface area contributed by atoms with E-state index in [1.54, 1.807) is 0 Å². The van der Waals surface area contributed by atoms with Crippen molar-refractivity contribution in [2.75, 3.05) is 11.9 Å². The normalized spacial score (nSPS) is 12.6. The molecule has 0 saturated heterocycles. The van der Waals surface area contributed by atoms with E-state index in [1.165, 1.54) is 24.0 Å². The van der Waals surface area contributed by atoms with Gasteiger partial charge in [-0.25, -0.2) is 0 Å². The zero-order valence-electron chi connectivity index (χ0n) is 12.7. The second-order valence-corrected chi connectivity index (χ2v) is 5.03. The van der Waals surface area contributed by atoms with Crippen LogP contribution < -0.4 is 5.32 Å². The number of anilines is 1. The number of amides is 2. The van der Waals surface area contributed by atoms with Crippen molar-refractivity contribution < 1.29 is 22.8 Å². The molecule has 0 fully saturated rings. The maximum absolute atomic E-state index is 12.4. The van der Waals surface area contributed by atoms with Crippen molar-refractivity contribution in [1.82, 2.24) is 4.90 Å². The fraction of sp³-hybridized carbons (Fsp3) is 0.467. The molecule has 0 aliphatic rings. The number of nitrogens with one attached hydrogen (secondary N) is 1. The number of carbonyl (C=O) groups excluding carboxylic acids is 2. The Hall–Kier alpha value is -2.05. The van der Waals surface area contributed by atoms with E-state index >= 15 is 0 Å². The van der Waals surface area contributed by atoms with Crippen LogP contribution in [0.2, 0.25) is 0 Å². The first kappa shape index (κ1) is 18.0. The van der Waals surface area contributed by atoms with Gasteiger partial charge in [-0.05, 0) is 37.6 Å². The molecule has 0 aliphatic carbocycles. The van der Waals surface area contributed by atoms with E-state index in [4.69, 9.17) is 0 Å². The molecule has 0 aromatic heterocycles. The molecule has 4 nitrogen and oxygen atoms in total. The molecule has 0 saturated carbocycles. The highest BCUT2D eigenvalue weighted by Crippen LogP contribution is 2.29. The summed E-state index contributed by atoms with van der Waals surface area (Å²) in [6, 6.07) is 4.07. The van der Waals surface area contributed by atoms with Gasteiger partial charge in [-0.3, -0.25) is 9.59 Å². The zero-order chi connectivity index (χ0) is 16.9. The highest BCUT2D eigenvalue weighted by atomic mass is 19.4. The largest absolute Gasteiger partial charge is 0.416 e. The number of alkyl halides is 3. The van der Waals surface area contributed by atoms with Crippen LogP contribution in [0.1, 0.15) is 32.8 Å². The Morgan fingerprint density at radius 1 is 1.23 bits per heavy atom. The third kappa shape index (κ3) is 5.05. The Bertz CT molecular complexity index is 527. The topological polar surface area (TPSA) is 49.4 Å². The molecule has 1 N–H and O–H groups in total. The highest BCUT2D eigenvalue weighted by molar-refractivity contribution is 5.94. The van der Waals surface area contributed by atoms with Crippen LogP contribution in [0.15, 0.2) is 24.3 Å². The predicted molar refractivity (Wildman–Crippen MR) is 77.2 cm³/mol. The van der Waals surface area contributed by atoms with Crippen molar-refractivity contribution in [2.45, 2.75) is 39.4 Å². The Morgan fingerprint density at radius 2 is 1.77 bits per heavy atom. The van der Waals surface area contributed by atoms with Gasteiger partial charge in [0.1, 0.15) is 6.54 Å². The molecule has 1 atom stereocenters. The number of nitrogens with zero attached hydrogens (tertiary/aromatic N) is 1. The lowest BCUT2D eigenvalue weighted by Crippen LogP contribution is -2.42. The van der Waals surface area contributed by atoms with Crippen LogP contribution in [0.5, 0.6) is 0 Å². The summed E-state index contributed by atoms with van der Waals surface area (Å²) in [5.74, 6) is -0.674. The van der Waals surface area contributed by atoms with Gasteiger partial charge >= 0.3 is 6.18 Å². The molecule has 1 aromatic rings. The second kappa shape index (κ2) is 7.29. The number of halogens is 3. The first-order chi connectivity index (χ1) is 10.1.